The molecule has 2 rings (SSSR count). The van der Waals surface area contributed by atoms with Crippen LogP contribution in [0.15, 0.2) is 48.7 Å². The number of thiocarbonyl (C=S) groups is 1. The molecule has 0 radical (unpaired) electrons. The number of halogens is 1. The predicted molar refractivity (Wildman–Crippen MR) is 97.5 cm³/mol. The van der Waals surface area contributed by atoms with Gasteiger partial charge in [-0.05, 0) is 53.7 Å². The van der Waals surface area contributed by atoms with Gasteiger partial charge in [0.15, 0.2) is 16.6 Å². The summed E-state index contributed by atoms with van der Waals surface area (Å²) in [6.07, 6.45) is 3.71. The third-order valence-electron chi connectivity index (χ3n) is 3.20. The molecule has 0 spiro atoms. The smallest absolute Gasteiger partial charge is 0.170 e. The van der Waals surface area contributed by atoms with Gasteiger partial charge in [-0.3, -0.25) is 0 Å². The minimum atomic E-state index is 0.0924. The number of phenolic OH excluding ortho intramolecular Hbond substituents is 1. The largest absolute Gasteiger partial charge is 0.504 e. The molecule has 2 aromatic rings. The Hall–Kier alpha value is -2.24. The Morgan fingerprint density at radius 3 is 2.61 bits per heavy atom. The van der Waals surface area contributed by atoms with E-state index < -0.39 is 0 Å². The molecule has 0 aliphatic rings. The van der Waals surface area contributed by atoms with E-state index in [-0.39, 0.29) is 10.9 Å². The zero-order chi connectivity index (χ0) is 16.8. The van der Waals surface area contributed by atoms with Crippen LogP contribution >= 0.6 is 23.8 Å². The summed E-state index contributed by atoms with van der Waals surface area (Å²) in [5.74, 6) is 0.502. The van der Waals surface area contributed by atoms with Gasteiger partial charge in [0.2, 0.25) is 0 Å². The van der Waals surface area contributed by atoms with E-state index in [1.807, 2.05) is 36.5 Å². The average Bonchev–Trinajstić information content (AvgIpc) is 2.54. The Labute approximate surface area is 145 Å². The van der Waals surface area contributed by atoms with E-state index >= 15 is 0 Å². The fourth-order valence-electron chi connectivity index (χ4n) is 1.97. The van der Waals surface area contributed by atoms with Gasteiger partial charge >= 0.3 is 0 Å². The normalized spacial score (nSPS) is 10.7. The van der Waals surface area contributed by atoms with Crippen LogP contribution in [-0.4, -0.2) is 22.2 Å². The number of rotatable bonds is 5. The molecule has 3 N–H and O–H groups in total. The minimum Gasteiger partial charge on any atom is -0.504 e. The van der Waals surface area contributed by atoms with Crippen molar-refractivity contribution in [3.63, 3.8) is 0 Å². The van der Waals surface area contributed by atoms with Crippen molar-refractivity contribution in [2.75, 3.05) is 7.11 Å². The second-order valence-electron chi connectivity index (χ2n) is 4.84. The minimum absolute atomic E-state index is 0.0924. The van der Waals surface area contributed by atoms with Crippen molar-refractivity contribution in [2.45, 2.75) is 6.54 Å². The van der Waals surface area contributed by atoms with Gasteiger partial charge in [-0.25, -0.2) is 0 Å². The van der Waals surface area contributed by atoms with Gasteiger partial charge in [-0.15, -0.1) is 0 Å². The first-order valence-corrected chi connectivity index (χ1v) is 7.64. The molecule has 4 nitrogen and oxygen atoms in total. The van der Waals surface area contributed by atoms with E-state index in [1.54, 1.807) is 23.1 Å². The summed E-state index contributed by atoms with van der Waals surface area (Å²) >= 11 is 11.0. The maximum Gasteiger partial charge on any atom is 0.170 e. The summed E-state index contributed by atoms with van der Waals surface area (Å²) < 4.78 is 5.11. The van der Waals surface area contributed by atoms with Gasteiger partial charge in [0.25, 0.3) is 0 Å². The predicted octanol–water partition coefficient (Wildman–Crippen LogP) is 3.77. The number of methoxy groups -OCH3 is 1. The van der Waals surface area contributed by atoms with Crippen LogP contribution in [-0.2, 0) is 6.54 Å². The highest BCUT2D eigenvalue weighted by molar-refractivity contribution is 7.80. The van der Waals surface area contributed by atoms with Crippen molar-refractivity contribution in [2.24, 2.45) is 5.73 Å². The van der Waals surface area contributed by atoms with Crippen molar-refractivity contribution in [1.82, 2.24) is 4.90 Å². The van der Waals surface area contributed by atoms with Crippen LogP contribution < -0.4 is 10.5 Å². The first-order valence-electron chi connectivity index (χ1n) is 6.85. The Balaban J connectivity index is 2.15. The molecule has 0 saturated heterocycles. The molecular formula is C17H17ClN2O2S. The maximum atomic E-state index is 9.64. The zero-order valence-corrected chi connectivity index (χ0v) is 14.1. The van der Waals surface area contributed by atoms with Gasteiger partial charge in [0.05, 0.1) is 7.11 Å². The third kappa shape index (κ3) is 4.87. The van der Waals surface area contributed by atoms with E-state index in [4.69, 9.17) is 34.3 Å². The highest BCUT2D eigenvalue weighted by atomic mass is 35.5. The number of hydrogen-bond acceptors (Lipinski definition) is 3. The van der Waals surface area contributed by atoms with Crippen LogP contribution in [0.5, 0.6) is 11.5 Å². The highest BCUT2D eigenvalue weighted by Crippen LogP contribution is 2.26. The number of aromatic hydroxyl groups is 1. The Bertz CT molecular complexity index is 717. The van der Waals surface area contributed by atoms with Crippen LogP contribution in [0.4, 0.5) is 0 Å². The van der Waals surface area contributed by atoms with Crippen molar-refractivity contribution in [3.8, 4) is 11.5 Å². The molecule has 23 heavy (non-hydrogen) atoms. The molecule has 120 valence electrons. The summed E-state index contributed by atoms with van der Waals surface area (Å²) in [6, 6.07) is 12.6. The van der Waals surface area contributed by atoms with Crippen molar-refractivity contribution in [3.05, 3.63) is 64.8 Å². The second-order valence-corrected chi connectivity index (χ2v) is 5.69. The number of nitrogens with zero attached hydrogens (tertiary/aromatic N) is 1. The lowest BCUT2D eigenvalue weighted by atomic mass is 10.2. The van der Waals surface area contributed by atoms with Crippen LogP contribution in [0.25, 0.3) is 6.08 Å². The number of phenols is 1. The molecule has 0 aliphatic heterocycles. The van der Waals surface area contributed by atoms with E-state index in [2.05, 4.69) is 0 Å². The molecule has 0 atom stereocenters. The van der Waals surface area contributed by atoms with Gasteiger partial charge in [-0.2, -0.15) is 0 Å². The number of hydrogen-bond donors (Lipinski definition) is 2. The Morgan fingerprint density at radius 2 is 2.00 bits per heavy atom. The molecule has 0 fully saturated rings. The standard InChI is InChI=1S/C17H17ClN2O2S/c1-22-16-10-13(4-7-15(16)21)11-20(17(19)23)9-8-12-2-5-14(18)6-3-12/h2-10,21H,11H2,1H3,(H2,19,23)/b9-8+. The molecule has 6 heteroatoms. The summed E-state index contributed by atoms with van der Waals surface area (Å²) in [7, 11) is 1.50. The van der Waals surface area contributed by atoms with Crippen LogP contribution in [0, 0.1) is 0 Å². The highest BCUT2D eigenvalue weighted by Gasteiger charge is 2.07. The lowest BCUT2D eigenvalue weighted by Gasteiger charge is -2.19. The number of nitrogens with two attached hydrogens (primary N) is 1. The summed E-state index contributed by atoms with van der Waals surface area (Å²) in [5.41, 5.74) is 7.67. The van der Waals surface area contributed by atoms with Gasteiger partial charge < -0.3 is 20.5 Å². The molecule has 0 unspecified atom stereocenters. The van der Waals surface area contributed by atoms with Gasteiger partial charge in [0, 0.05) is 17.8 Å². The molecule has 0 saturated carbocycles. The van der Waals surface area contributed by atoms with E-state index in [9.17, 15) is 5.11 Å². The summed E-state index contributed by atoms with van der Waals surface area (Å²) in [6.45, 7) is 0.468. The van der Waals surface area contributed by atoms with Gasteiger partial charge in [-0.1, -0.05) is 29.8 Å². The fourth-order valence-corrected chi connectivity index (χ4v) is 2.22. The van der Waals surface area contributed by atoms with Crippen LogP contribution in [0.1, 0.15) is 11.1 Å². The van der Waals surface area contributed by atoms with E-state index in [0.29, 0.717) is 17.3 Å². The SMILES string of the molecule is COc1cc(CN(/C=C/c2ccc(Cl)cc2)C(N)=S)ccc1O. The number of ether oxygens (including phenoxy) is 1. The van der Waals surface area contributed by atoms with Gasteiger partial charge in [0.1, 0.15) is 0 Å². The average molecular weight is 349 g/mol. The monoisotopic (exact) mass is 348 g/mol. The molecule has 0 heterocycles. The first kappa shape index (κ1) is 17.1. The van der Waals surface area contributed by atoms with Crippen molar-refractivity contribution < 1.29 is 9.84 Å². The summed E-state index contributed by atoms with van der Waals surface area (Å²) in [4.78, 5) is 1.73. The van der Waals surface area contributed by atoms with Crippen molar-refractivity contribution >= 4 is 35.0 Å². The van der Waals surface area contributed by atoms with E-state index in [0.717, 1.165) is 11.1 Å². The first-order chi connectivity index (χ1) is 11.0. The maximum absolute atomic E-state index is 9.64. The quantitative estimate of drug-likeness (QED) is 0.805. The number of benzene rings is 2. The lowest BCUT2D eigenvalue weighted by Crippen LogP contribution is -2.30. The topological polar surface area (TPSA) is 58.7 Å². The third-order valence-corrected chi connectivity index (χ3v) is 3.68. The fraction of sp³-hybridized carbons (Fsp3) is 0.118. The van der Waals surface area contributed by atoms with E-state index in [1.165, 1.54) is 7.11 Å². The molecular weight excluding hydrogens is 332 g/mol. The second kappa shape index (κ2) is 7.85. The van der Waals surface area contributed by atoms with Crippen LogP contribution in [0.3, 0.4) is 0 Å². The Morgan fingerprint density at radius 1 is 1.30 bits per heavy atom. The molecule has 0 amide bonds. The Kier molecular flexibility index (Phi) is 5.84. The molecule has 2 aromatic carbocycles. The van der Waals surface area contributed by atoms with Crippen LogP contribution in [0.2, 0.25) is 5.02 Å². The lowest BCUT2D eigenvalue weighted by molar-refractivity contribution is 0.372. The van der Waals surface area contributed by atoms with Crippen molar-refractivity contribution in [1.29, 1.82) is 0 Å². The molecule has 0 aromatic heterocycles. The molecule has 0 bridgehead atoms. The zero-order valence-electron chi connectivity index (χ0n) is 12.6. The summed E-state index contributed by atoms with van der Waals surface area (Å²) in [5, 5.41) is 10.6. The molecule has 0 aliphatic carbocycles.